The number of likely N-dealkylation sites (tertiary alicyclic amines) is 1. The van der Waals surface area contributed by atoms with Gasteiger partial charge in [0.15, 0.2) is 11.8 Å². The number of rotatable bonds is 3. The summed E-state index contributed by atoms with van der Waals surface area (Å²) >= 11 is 0. The number of aromatic nitrogens is 5. The van der Waals surface area contributed by atoms with Crippen LogP contribution < -0.4 is 5.32 Å². The molecule has 4 rings (SSSR count). The molecule has 0 bridgehead atoms. The van der Waals surface area contributed by atoms with Crippen LogP contribution in [0.3, 0.4) is 0 Å². The van der Waals surface area contributed by atoms with E-state index in [1.54, 1.807) is 0 Å². The summed E-state index contributed by atoms with van der Waals surface area (Å²) in [6.45, 7) is 3.69. The van der Waals surface area contributed by atoms with E-state index in [1.807, 2.05) is 25.0 Å². The second-order valence-corrected chi connectivity index (χ2v) is 6.92. The summed E-state index contributed by atoms with van der Waals surface area (Å²) in [6.07, 6.45) is 8.70. The normalized spacial score (nSPS) is 20.8. The number of nitrogens with one attached hydrogen (secondary N) is 1. The van der Waals surface area contributed by atoms with Crippen molar-refractivity contribution in [3.8, 4) is 0 Å². The van der Waals surface area contributed by atoms with Crippen LogP contribution in [0.15, 0.2) is 17.4 Å². The molecule has 2 aliphatic rings. The molecule has 8 nitrogen and oxygen atoms in total. The smallest absolute Gasteiger partial charge is 0.194 e. The fourth-order valence-corrected chi connectivity index (χ4v) is 3.87. The molecule has 1 N–H and O–H groups in total. The Morgan fingerprint density at radius 2 is 2.24 bits per heavy atom. The Bertz CT molecular complexity index is 759. The van der Waals surface area contributed by atoms with Crippen LogP contribution in [0.5, 0.6) is 0 Å². The number of aryl methyl sites for hydroxylation is 2. The van der Waals surface area contributed by atoms with E-state index in [1.165, 1.54) is 18.4 Å². The van der Waals surface area contributed by atoms with Gasteiger partial charge in [0.25, 0.3) is 0 Å². The Balaban J connectivity index is 1.38. The molecule has 0 amide bonds. The number of guanidine groups is 1. The topological polar surface area (TPSA) is 76.2 Å². The standard InChI is InChI=1S/C17H26N8/c1-18-17(19-10-16-22-21-15-5-3-4-7-25(15)16)24-8-6-13(12-24)14-9-20-23(2)11-14/h9,11,13H,3-8,10,12H2,1-2H3,(H,18,19). The molecule has 2 aromatic heterocycles. The van der Waals surface area contributed by atoms with E-state index in [2.05, 4.69) is 41.3 Å². The second kappa shape index (κ2) is 6.85. The first-order valence-electron chi connectivity index (χ1n) is 9.09. The number of hydrogen-bond acceptors (Lipinski definition) is 4. The predicted octanol–water partition coefficient (Wildman–Crippen LogP) is 0.913. The Hall–Kier alpha value is -2.38. The van der Waals surface area contributed by atoms with Gasteiger partial charge in [-0.1, -0.05) is 0 Å². The molecule has 4 heterocycles. The van der Waals surface area contributed by atoms with Crippen LogP contribution in [0.1, 0.15) is 42.4 Å². The molecule has 0 aliphatic carbocycles. The van der Waals surface area contributed by atoms with E-state index in [0.717, 1.165) is 50.1 Å². The maximum Gasteiger partial charge on any atom is 0.194 e. The Kier molecular flexibility index (Phi) is 4.42. The zero-order valence-corrected chi connectivity index (χ0v) is 15.0. The van der Waals surface area contributed by atoms with Gasteiger partial charge in [0.1, 0.15) is 5.82 Å². The van der Waals surface area contributed by atoms with Crippen LogP contribution in [0.4, 0.5) is 0 Å². The molecule has 0 spiro atoms. The Morgan fingerprint density at radius 3 is 3.04 bits per heavy atom. The third-order valence-electron chi connectivity index (χ3n) is 5.24. The molecule has 2 aromatic rings. The minimum absolute atomic E-state index is 0.521. The van der Waals surface area contributed by atoms with Gasteiger partial charge in [0.2, 0.25) is 0 Å². The zero-order chi connectivity index (χ0) is 17.2. The van der Waals surface area contributed by atoms with Gasteiger partial charge < -0.3 is 14.8 Å². The Labute approximate surface area is 147 Å². The number of hydrogen-bond donors (Lipinski definition) is 1. The van der Waals surface area contributed by atoms with E-state index in [0.29, 0.717) is 12.5 Å². The van der Waals surface area contributed by atoms with Crippen LogP contribution in [0.2, 0.25) is 0 Å². The molecule has 2 aliphatic heterocycles. The Morgan fingerprint density at radius 1 is 1.32 bits per heavy atom. The van der Waals surface area contributed by atoms with Crippen molar-refractivity contribution in [2.24, 2.45) is 12.0 Å². The molecule has 1 atom stereocenters. The first kappa shape index (κ1) is 16.1. The van der Waals surface area contributed by atoms with Crippen LogP contribution in [-0.4, -0.2) is 55.5 Å². The average Bonchev–Trinajstić information content (AvgIpc) is 3.35. The molecular formula is C17H26N8. The third kappa shape index (κ3) is 3.25. The minimum Gasteiger partial charge on any atom is -0.349 e. The highest BCUT2D eigenvalue weighted by Gasteiger charge is 2.27. The molecule has 25 heavy (non-hydrogen) atoms. The van der Waals surface area contributed by atoms with Crippen LogP contribution >= 0.6 is 0 Å². The van der Waals surface area contributed by atoms with Gasteiger partial charge in [-0.2, -0.15) is 5.10 Å². The summed E-state index contributed by atoms with van der Waals surface area (Å²) in [5, 5.41) is 16.5. The van der Waals surface area contributed by atoms with Crippen molar-refractivity contribution in [1.29, 1.82) is 0 Å². The molecule has 8 heteroatoms. The molecule has 1 saturated heterocycles. The molecule has 1 fully saturated rings. The number of aliphatic imine (C=N–C) groups is 1. The first-order chi connectivity index (χ1) is 12.2. The van der Waals surface area contributed by atoms with Gasteiger partial charge in [-0.25, -0.2) is 0 Å². The first-order valence-corrected chi connectivity index (χ1v) is 9.09. The molecule has 134 valence electrons. The van der Waals surface area contributed by atoms with Crippen LogP contribution in [0, 0.1) is 0 Å². The van der Waals surface area contributed by atoms with Crippen LogP contribution in [0.25, 0.3) is 0 Å². The lowest BCUT2D eigenvalue weighted by atomic mass is 10.0. The van der Waals surface area contributed by atoms with E-state index >= 15 is 0 Å². The van der Waals surface area contributed by atoms with Crippen molar-refractivity contribution in [1.82, 2.24) is 34.8 Å². The quantitative estimate of drug-likeness (QED) is 0.663. The summed E-state index contributed by atoms with van der Waals surface area (Å²) in [6, 6.07) is 0. The minimum atomic E-state index is 0.521. The SMILES string of the molecule is CN=C(NCc1nnc2n1CCCC2)N1CCC(c2cnn(C)c2)C1. The summed E-state index contributed by atoms with van der Waals surface area (Å²) in [7, 11) is 3.81. The maximum atomic E-state index is 4.47. The largest absolute Gasteiger partial charge is 0.349 e. The van der Waals surface area contributed by atoms with Gasteiger partial charge in [-0.15, -0.1) is 10.2 Å². The van der Waals surface area contributed by atoms with Crippen molar-refractivity contribution in [2.75, 3.05) is 20.1 Å². The molecule has 0 aromatic carbocycles. The van der Waals surface area contributed by atoms with Gasteiger partial charge in [-0.05, 0) is 24.8 Å². The number of nitrogens with zero attached hydrogens (tertiary/aromatic N) is 7. The van der Waals surface area contributed by atoms with Crippen molar-refractivity contribution < 1.29 is 0 Å². The van der Waals surface area contributed by atoms with E-state index < -0.39 is 0 Å². The lowest BCUT2D eigenvalue weighted by Crippen LogP contribution is -2.40. The highest BCUT2D eigenvalue weighted by Crippen LogP contribution is 2.26. The monoisotopic (exact) mass is 342 g/mol. The van der Waals surface area contributed by atoms with Crippen molar-refractivity contribution in [3.05, 3.63) is 29.6 Å². The van der Waals surface area contributed by atoms with Gasteiger partial charge in [-0.3, -0.25) is 9.67 Å². The summed E-state index contributed by atoms with van der Waals surface area (Å²) in [5.74, 6) is 3.60. The summed E-state index contributed by atoms with van der Waals surface area (Å²) in [5.41, 5.74) is 1.31. The molecule has 0 saturated carbocycles. The highest BCUT2D eigenvalue weighted by atomic mass is 15.3. The lowest BCUT2D eigenvalue weighted by molar-refractivity contribution is 0.475. The van der Waals surface area contributed by atoms with E-state index in [-0.39, 0.29) is 0 Å². The van der Waals surface area contributed by atoms with Crippen molar-refractivity contribution >= 4 is 5.96 Å². The zero-order valence-electron chi connectivity index (χ0n) is 15.0. The summed E-state index contributed by atoms with van der Waals surface area (Å²) in [4.78, 5) is 6.79. The van der Waals surface area contributed by atoms with Gasteiger partial charge >= 0.3 is 0 Å². The second-order valence-electron chi connectivity index (χ2n) is 6.92. The van der Waals surface area contributed by atoms with Gasteiger partial charge in [0.05, 0.1) is 12.7 Å². The average molecular weight is 342 g/mol. The molecule has 1 unspecified atom stereocenters. The predicted molar refractivity (Wildman–Crippen MR) is 95.3 cm³/mol. The summed E-state index contributed by atoms with van der Waals surface area (Å²) < 4.78 is 4.13. The lowest BCUT2D eigenvalue weighted by Gasteiger charge is -2.22. The molecule has 0 radical (unpaired) electrons. The fourth-order valence-electron chi connectivity index (χ4n) is 3.87. The van der Waals surface area contributed by atoms with Crippen molar-refractivity contribution in [2.45, 2.75) is 44.7 Å². The van der Waals surface area contributed by atoms with Crippen molar-refractivity contribution in [3.63, 3.8) is 0 Å². The van der Waals surface area contributed by atoms with E-state index in [4.69, 9.17) is 0 Å². The fraction of sp³-hybridized carbons (Fsp3) is 0.647. The molecular weight excluding hydrogens is 316 g/mol. The third-order valence-corrected chi connectivity index (χ3v) is 5.24. The number of fused-ring (bicyclic) bond motifs is 1. The van der Waals surface area contributed by atoms with E-state index in [9.17, 15) is 0 Å². The van der Waals surface area contributed by atoms with Gasteiger partial charge in [0, 0.05) is 52.3 Å². The highest BCUT2D eigenvalue weighted by molar-refractivity contribution is 5.80. The van der Waals surface area contributed by atoms with Crippen LogP contribution in [-0.2, 0) is 26.6 Å². The maximum absolute atomic E-state index is 4.47.